The van der Waals surface area contributed by atoms with Crippen molar-refractivity contribution in [2.24, 2.45) is 5.16 Å². The van der Waals surface area contributed by atoms with E-state index in [1.165, 1.54) is 12.1 Å². The molecule has 1 heterocycles. The third-order valence-corrected chi connectivity index (χ3v) is 4.39. The van der Waals surface area contributed by atoms with Gasteiger partial charge in [0.15, 0.2) is 6.61 Å². The fourth-order valence-corrected chi connectivity index (χ4v) is 2.84. The summed E-state index contributed by atoms with van der Waals surface area (Å²) in [5.41, 5.74) is 3.01. The van der Waals surface area contributed by atoms with E-state index >= 15 is 0 Å². The van der Waals surface area contributed by atoms with E-state index in [2.05, 4.69) is 15.4 Å². The monoisotopic (exact) mass is 385 g/mol. The molecule has 6 nitrogen and oxygen atoms in total. The summed E-state index contributed by atoms with van der Waals surface area (Å²) in [4.78, 5) is 19.1. The number of anilines is 1. The zero-order chi connectivity index (χ0) is 19.6. The first kappa shape index (κ1) is 19.8. The van der Waals surface area contributed by atoms with E-state index in [0.29, 0.717) is 13.0 Å². The van der Waals surface area contributed by atoms with Crippen molar-refractivity contribution in [2.75, 3.05) is 44.4 Å². The first-order valence-corrected chi connectivity index (χ1v) is 9.30. The summed E-state index contributed by atoms with van der Waals surface area (Å²) in [5.74, 6) is -0.517. The molecule has 1 aliphatic heterocycles. The molecule has 0 spiro atoms. The molecule has 1 amide bonds. The van der Waals surface area contributed by atoms with Crippen LogP contribution >= 0.6 is 0 Å². The molecule has 2 aromatic carbocycles. The van der Waals surface area contributed by atoms with Gasteiger partial charge < -0.3 is 19.8 Å². The predicted molar refractivity (Wildman–Crippen MR) is 106 cm³/mol. The summed E-state index contributed by atoms with van der Waals surface area (Å²) in [7, 11) is 0. The molecular weight excluding hydrogens is 361 g/mol. The van der Waals surface area contributed by atoms with E-state index in [1.54, 1.807) is 18.3 Å². The fraction of sp³-hybridized carbons (Fsp3) is 0.333. The Kier molecular flexibility index (Phi) is 7.37. The van der Waals surface area contributed by atoms with Crippen molar-refractivity contribution in [3.63, 3.8) is 0 Å². The van der Waals surface area contributed by atoms with Gasteiger partial charge in [-0.15, -0.1) is 0 Å². The van der Waals surface area contributed by atoms with Gasteiger partial charge in [-0.25, -0.2) is 4.39 Å². The second-order valence-corrected chi connectivity index (χ2v) is 6.43. The van der Waals surface area contributed by atoms with Gasteiger partial charge in [0.05, 0.1) is 19.4 Å². The number of nitrogens with one attached hydrogen (secondary N) is 1. The van der Waals surface area contributed by atoms with Crippen LogP contribution in [0.2, 0.25) is 0 Å². The Morgan fingerprint density at radius 3 is 2.57 bits per heavy atom. The molecule has 2 aromatic rings. The van der Waals surface area contributed by atoms with Gasteiger partial charge in [0, 0.05) is 25.3 Å². The molecule has 28 heavy (non-hydrogen) atoms. The lowest BCUT2D eigenvalue weighted by Gasteiger charge is -2.28. The number of hydrogen-bond donors (Lipinski definition) is 1. The highest BCUT2D eigenvalue weighted by atomic mass is 19.1. The quantitative estimate of drug-likeness (QED) is 0.560. The number of carbonyl (C=O) groups excluding carboxylic acids is 1. The van der Waals surface area contributed by atoms with Gasteiger partial charge >= 0.3 is 0 Å². The molecule has 0 atom stereocenters. The molecule has 0 radical (unpaired) electrons. The van der Waals surface area contributed by atoms with Crippen LogP contribution in [0.3, 0.4) is 0 Å². The maximum atomic E-state index is 12.8. The predicted octanol–water partition coefficient (Wildman–Crippen LogP) is 2.37. The summed E-state index contributed by atoms with van der Waals surface area (Å²) in [6.45, 7) is 3.61. The van der Waals surface area contributed by atoms with Crippen LogP contribution in [0.5, 0.6) is 0 Å². The number of hydrogen-bond acceptors (Lipinski definition) is 5. The Labute approximate surface area is 163 Å². The van der Waals surface area contributed by atoms with Gasteiger partial charge in [-0.1, -0.05) is 29.4 Å². The van der Waals surface area contributed by atoms with Crippen LogP contribution in [0.25, 0.3) is 0 Å². The second-order valence-electron chi connectivity index (χ2n) is 6.43. The number of halogens is 1. The van der Waals surface area contributed by atoms with Crippen LogP contribution < -0.4 is 10.2 Å². The van der Waals surface area contributed by atoms with Crippen LogP contribution in [0, 0.1) is 5.82 Å². The Morgan fingerprint density at radius 2 is 1.86 bits per heavy atom. The third-order valence-electron chi connectivity index (χ3n) is 4.39. The molecule has 1 saturated heterocycles. The van der Waals surface area contributed by atoms with Crippen LogP contribution in [0.15, 0.2) is 53.7 Å². The third kappa shape index (κ3) is 6.35. The zero-order valence-electron chi connectivity index (χ0n) is 15.6. The second kappa shape index (κ2) is 10.4. The van der Waals surface area contributed by atoms with Crippen LogP contribution in [-0.2, 0) is 20.8 Å². The van der Waals surface area contributed by atoms with Crippen molar-refractivity contribution in [3.05, 3.63) is 65.5 Å². The SMILES string of the molecule is O=C(CON=Cc1ccc(N2CCOCC2)cc1)NCCc1ccc(F)cc1. The molecule has 0 bridgehead atoms. The molecule has 148 valence electrons. The van der Waals surface area contributed by atoms with Crippen LogP contribution in [0.1, 0.15) is 11.1 Å². The van der Waals surface area contributed by atoms with Crippen molar-refractivity contribution in [2.45, 2.75) is 6.42 Å². The smallest absolute Gasteiger partial charge is 0.260 e. The Bertz CT molecular complexity index is 772. The lowest BCUT2D eigenvalue weighted by Crippen LogP contribution is -2.36. The molecule has 0 saturated carbocycles. The highest BCUT2D eigenvalue weighted by molar-refractivity contribution is 5.80. The summed E-state index contributed by atoms with van der Waals surface area (Å²) in [5, 5.41) is 6.58. The Morgan fingerprint density at radius 1 is 1.14 bits per heavy atom. The molecule has 7 heteroatoms. The molecule has 1 N–H and O–H groups in total. The molecule has 0 unspecified atom stereocenters. The first-order valence-electron chi connectivity index (χ1n) is 9.30. The summed E-state index contributed by atoms with van der Waals surface area (Å²) >= 11 is 0. The number of nitrogens with zero attached hydrogens (tertiary/aromatic N) is 2. The average molecular weight is 385 g/mol. The number of morpholine rings is 1. The molecular formula is C21H24FN3O3. The highest BCUT2D eigenvalue weighted by Crippen LogP contribution is 2.16. The Hall–Kier alpha value is -2.93. The van der Waals surface area contributed by atoms with E-state index in [4.69, 9.17) is 9.57 Å². The van der Waals surface area contributed by atoms with Crippen molar-refractivity contribution in [1.29, 1.82) is 0 Å². The van der Waals surface area contributed by atoms with Gasteiger partial charge in [-0.2, -0.15) is 0 Å². The molecule has 1 aliphatic rings. The summed E-state index contributed by atoms with van der Waals surface area (Å²) < 4.78 is 18.2. The zero-order valence-corrected chi connectivity index (χ0v) is 15.6. The van der Waals surface area contributed by atoms with Crippen molar-refractivity contribution in [3.8, 4) is 0 Å². The number of rotatable bonds is 8. The van der Waals surface area contributed by atoms with Crippen molar-refractivity contribution in [1.82, 2.24) is 5.32 Å². The lowest BCUT2D eigenvalue weighted by atomic mass is 10.1. The molecule has 0 aliphatic carbocycles. The van der Waals surface area contributed by atoms with E-state index in [-0.39, 0.29) is 18.3 Å². The molecule has 3 rings (SSSR count). The van der Waals surface area contributed by atoms with E-state index < -0.39 is 0 Å². The van der Waals surface area contributed by atoms with Gasteiger partial charge in [-0.3, -0.25) is 4.79 Å². The standard InChI is InChI=1S/C21H24FN3O3/c22-19-5-1-17(2-6-19)9-10-23-21(26)16-28-24-15-18-3-7-20(8-4-18)25-11-13-27-14-12-25/h1-8,15H,9-14,16H2,(H,23,26). The van der Waals surface area contributed by atoms with Crippen molar-refractivity contribution < 1.29 is 18.8 Å². The first-order chi connectivity index (χ1) is 13.7. The summed E-state index contributed by atoms with van der Waals surface area (Å²) in [6, 6.07) is 14.2. The number of amides is 1. The number of oxime groups is 1. The van der Waals surface area contributed by atoms with E-state index in [0.717, 1.165) is 43.1 Å². The maximum absolute atomic E-state index is 12.8. The topological polar surface area (TPSA) is 63.2 Å². The summed E-state index contributed by atoms with van der Waals surface area (Å²) in [6.07, 6.45) is 2.21. The van der Waals surface area contributed by atoms with Gasteiger partial charge in [0.1, 0.15) is 5.82 Å². The van der Waals surface area contributed by atoms with Gasteiger partial charge in [0.25, 0.3) is 5.91 Å². The lowest BCUT2D eigenvalue weighted by molar-refractivity contribution is -0.125. The van der Waals surface area contributed by atoms with Crippen LogP contribution in [-0.4, -0.2) is 51.6 Å². The Balaban J connectivity index is 1.34. The minimum Gasteiger partial charge on any atom is -0.386 e. The average Bonchev–Trinajstić information content (AvgIpc) is 2.74. The normalized spacial score (nSPS) is 14.2. The van der Waals surface area contributed by atoms with Gasteiger partial charge in [0.2, 0.25) is 0 Å². The highest BCUT2D eigenvalue weighted by Gasteiger charge is 2.10. The largest absolute Gasteiger partial charge is 0.386 e. The minimum atomic E-state index is -0.269. The minimum absolute atomic E-state index is 0.147. The molecule has 1 fully saturated rings. The van der Waals surface area contributed by atoms with E-state index in [9.17, 15) is 9.18 Å². The maximum Gasteiger partial charge on any atom is 0.260 e. The number of ether oxygens (including phenoxy) is 1. The fourth-order valence-electron chi connectivity index (χ4n) is 2.84. The number of carbonyl (C=O) groups is 1. The van der Waals surface area contributed by atoms with E-state index in [1.807, 2.05) is 24.3 Å². The van der Waals surface area contributed by atoms with Gasteiger partial charge in [-0.05, 0) is 41.8 Å². The van der Waals surface area contributed by atoms with Crippen LogP contribution in [0.4, 0.5) is 10.1 Å². The number of benzene rings is 2. The molecule has 0 aromatic heterocycles. The van der Waals surface area contributed by atoms with Crippen molar-refractivity contribution >= 4 is 17.8 Å².